The van der Waals surface area contributed by atoms with E-state index in [1.807, 2.05) is 23.1 Å². The normalized spacial score (nSPS) is 13.3. The van der Waals surface area contributed by atoms with E-state index >= 15 is 0 Å². The molecule has 3 heteroatoms. The number of aromatic nitrogens is 2. The second kappa shape index (κ2) is 6.62. The topological polar surface area (TPSA) is 21.1 Å². The minimum Gasteiger partial charge on any atom is -0.304 e. The van der Waals surface area contributed by atoms with Gasteiger partial charge in [-0.05, 0) is 38.0 Å². The molecule has 15 heavy (non-hydrogen) atoms. The average molecular weight is 209 g/mol. The van der Waals surface area contributed by atoms with Gasteiger partial charge in [0.25, 0.3) is 0 Å². The molecule has 1 atom stereocenters. The van der Waals surface area contributed by atoms with Crippen LogP contribution in [-0.2, 0) is 6.54 Å². The Morgan fingerprint density at radius 3 is 2.60 bits per heavy atom. The van der Waals surface area contributed by atoms with E-state index in [0.29, 0.717) is 5.92 Å². The summed E-state index contributed by atoms with van der Waals surface area (Å²) < 4.78 is 2.02. The molecule has 0 amide bonds. The van der Waals surface area contributed by atoms with Gasteiger partial charge >= 0.3 is 0 Å². The molecule has 0 aromatic carbocycles. The molecular weight excluding hydrogens is 186 g/mol. The van der Waals surface area contributed by atoms with Gasteiger partial charge in [-0.15, -0.1) is 0 Å². The van der Waals surface area contributed by atoms with E-state index in [9.17, 15) is 0 Å². The smallest absolute Gasteiger partial charge is 0.0489 e. The molecule has 0 bridgehead atoms. The highest BCUT2D eigenvalue weighted by atomic mass is 15.3. The van der Waals surface area contributed by atoms with Gasteiger partial charge in [0.15, 0.2) is 0 Å². The van der Waals surface area contributed by atoms with Crippen molar-refractivity contribution in [1.82, 2.24) is 14.7 Å². The van der Waals surface area contributed by atoms with Crippen LogP contribution in [0.5, 0.6) is 0 Å². The Hall–Kier alpha value is -0.830. The molecule has 0 saturated carbocycles. The van der Waals surface area contributed by atoms with Crippen LogP contribution in [0.3, 0.4) is 0 Å². The highest BCUT2D eigenvalue weighted by Crippen LogP contribution is 2.06. The highest BCUT2D eigenvalue weighted by molar-refractivity contribution is 4.78. The molecule has 0 spiro atoms. The van der Waals surface area contributed by atoms with Crippen LogP contribution < -0.4 is 0 Å². The molecule has 3 nitrogen and oxygen atoms in total. The van der Waals surface area contributed by atoms with Crippen molar-refractivity contribution in [3.8, 4) is 0 Å². The lowest BCUT2D eigenvalue weighted by Gasteiger charge is -2.20. The molecule has 0 aliphatic rings. The van der Waals surface area contributed by atoms with Gasteiger partial charge in [-0.1, -0.05) is 20.8 Å². The summed E-state index contributed by atoms with van der Waals surface area (Å²) in [5.41, 5.74) is 0. The molecule has 0 N–H and O–H groups in total. The SMILES string of the molecule is CCN(CC)CCC(C)Cn1cccn1. The van der Waals surface area contributed by atoms with Crippen molar-refractivity contribution in [1.29, 1.82) is 0 Å². The predicted molar refractivity (Wildman–Crippen MR) is 63.8 cm³/mol. The van der Waals surface area contributed by atoms with Crippen LogP contribution in [-0.4, -0.2) is 34.3 Å². The molecule has 0 saturated heterocycles. The number of hydrogen-bond acceptors (Lipinski definition) is 2. The van der Waals surface area contributed by atoms with Gasteiger partial charge in [0.1, 0.15) is 0 Å². The lowest BCUT2D eigenvalue weighted by Crippen LogP contribution is -2.26. The third-order valence-corrected chi connectivity index (χ3v) is 2.89. The minimum absolute atomic E-state index is 0.700. The van der Waals surface area contributed by atoms with Crippen LogP contribution in [0, 0.1) is 5.92 Å². The Balaban J connectivity index is 2.21. The Kier molecular flexibility index (Phi) is 5.40. The van der Waals surface area contributed by atoms with Crippen molar-refractivity contribution in [2.75, 3.05) is 19.6 Å². The van der Waals surface area contributed by atoms with E-state index in [2.05, 4.69) is 30.8 Å². The lowest BCUT2D eigenvalue weighted by molar-refractivity contribution is 0.269. The average Bonchev–Trinajstić information content (AvgIpc) is 2.72. The molecule has 1 aromatic rings. The zero-order valence-corrected chi connectivity index (χ0v) is 10.2. The summed E-state index contributed by atoms with van der Waals surface area (Å²) in [6.45, 7) is 11.3. The van der Waals surface area contributed by atoms with E-state index in [1.54, 1.807) is 0 Å². The molecule has 0 aliphatic carbocycles. The van der Waals surface area contributed by atoms with Gasteiger partial charge in [-0.25, -0.2) is 0 Å². The molecule has 1 rings (SSSR count). The summed E-state index contributed by atoms with van der Waals surface area (Å²) in [7, 11) is 0. The summed E-state index contributed by atoms with van der Waals surface area (Å²) in [5, 5.41) is 4.23. The second-order valence-electron chi connectivity index (χ2n) is 4.15. The zero-order chi connectivity index (χ0) is 11.1. The number of rotatable bonds is 7. The van der Waals surface area contributed by atoms with Crippen molar-refractivity contribution in [2.24, 2.45) is 5.92 Å². The van der Waals surface area contributed by atoms with Gasteiger partial charge in [0.2, 0.25) is 0 Å². The summed E-state index contributed by atoms with van der Waals surface area (Å²) in [5.74, 6) is 0.700. The maximum Gasteiger partial charge on any atom is 0.0489 e. The van der Waals surface area contributed by atoms with Crippen molar-refractivity contribution in [3.05, 3.63) is 18.5 Å². The third kappa shape index (κ3) is 4.47. The fraction of sp³-hybridized carbons (Fsp3) is 0.750. The fourth-order valence-corrected chi connectivity index (χ4v) is 1.76. The fourth-order valence-electron chi connectivity index (χ4n) is 1.76. The molecule has 0 radical (unpaired) electrons. The van der Waals surface area contributed by atoms with Gasteiger partial charge < -0.3 is 4.90 Å². The van der Waals surface area contributed by atoms with Crippen LogP contribution in [0.25, 0.3) is 0 Å². The standard InChI is InChI=1S/C12H23N3/c1-4-14(5-2)10-7-12(3)11-15-9-6-8-13-15/h6,8-9,12H,4-5,7,10-11H2,1-3H3. The van der Waals surface area contributed by atoms with Gasteiger partial charge in [0.05, 0.1) is 0 Å². The molecule has 1 unspecified atom stereocenters. The Labute approximate surface area is 93.1 Å². The van der Waals surface area contributed by atoms with Gasteiger partial charge in [-0.3, -0.25) is 4.68 Å². The Bertz CT molecular complexity index is 239. The number of nitrogens with zero attached hydrogens (tertiary/aromatic N) is 3. The monoisotopic (exact) mass is 209 g/mol. The molecular formula is C12H23N3. The summed E-state index contributed by atoms with van der Waals surface area (Å²) in [6.07, 6.45) is 5.13. The van der Waals surface area contributed by atoms with Gasteiger partial charge in [-0.2, -0.15) is 5.10 Å². The van der Waals surface area contributed by atoms with Crippen LogP contribution in [0.4, 0.5) is 0 Å². The zero-order valence-electron chi connectivity index (χ0n) is 10.2. The highest BCUT2D eigenvalue weighted by Gasteiger charge is 2.05. The Morgan fingerprint density at radius 1 is 1.33 bits per heavy atom. The van der Waals surface area contributed by atoms with Crippen LogP contribution in [0.1, 0.15) is 27.2 Å². The first-order valence-corrected chi connectivity index (χ1v) is 5.96. The van der Waals surface area contributed by atoms with Crippen LogP contribution in [0.15, 0.2) is 18.5 Å². The van der Waals surface area contributed by atoms with Crippen molar-refractivity contribution in [2.45, 2.75) is 33.7 Å². The first kappa shape index (κ1) is 12.2. The van der Waals surface area contributed by atoms with Crippen molar-refractivity contribution >= 4 is 0 Å². The largest absolute Gasteiger partial charge is 0.304 e. The van der Waals surface area contributed by atoms with Gasteiger partial charge in [0, 0.05) is 18.9 Å². The first-order valence-electron chi connectivity index (χ1n) is 5.96. The predicted octanol–water partition coefficient (Wildman–Crippen LogP) is 2.25. The van der Waals surface area contributed by atoms with Crippen molar-refractivity contribution < 1.29 is 0 Å². The molecule has 1 heterocycles. The summed E-state index contributed by atoms with van der Waals surface area (Å²) in [6, 6.07) is 1.98. The quantitative estimate of drug-likeness (QED) is 0.687. The van der Waals surface area contributed by atoms with E-state index in [-0.39, 0.29) is 0 Å². The first-order chi connectivity index (χ1) is 7.26. The summed E-state index contributed by atoms with van der Waals surface area (Å²) in [4.78, 5) is 2.47. The third-order valence-electron chi connectivity index (χ3n) is 2.89. The lowest BCUT2D eigenvalue weighted by atomic mass is 10.1. The molecule has 0 fully saturated rings. The maximum absolute atomic E-state index is 4.23. The second-order valence-corrected chi connectivity index (χ2v) is 4.15. The van der Waals surface area contributed by atoms with Crippen LogP contribution in [0.2, 0.25) is 0 Å². The minimum atomic E-state index is 0.700. The van der Waals surface area contributed by atoms with Crippen molar-refractivity contribution in [3.63, 3.8) is 0 Å². The van der Waals surface area contributed by atoms with E-state index in [0.717, 1.165) is 19.6 Å². The molecule has 86 valence electrons. The summed E-state index contributed by atoms with van der Waals surface area (Å²) >= 11 is 0. The van der Waals surface area contributed by atoms with Crippen LogP contribution >= 0.6 is 0 Å². The number of hydrogen-bond donors (Lipinski definition) is 0. The van der Waals surface area contributed by atoms with E-state index < -0.39 is 0 Å². The van der Waals surface area contributed by atoms with E-state index in [4.69, 9.17) is 0 Å². The Morgan fingerprint density at radius 2 is 2.07 bits per heavy atom. The molecule has 0 aliphatic heterocycles. The maximum atomic E-state index is 4.23. The molecule has 1 aromatic heterocycles. The van der Waals surface area contributed by atoms with E-state index in [1.165, 1.54) is 13.0 Å².